The molecule has 3 nitrogen and oxygen atoms in total. The summed E-state index contributed by atoms with van der Waals surface area (Å²) < 4.78 is 5.75. The number of phenols is 1. The molecule has 29 heavy (non-hydrogen) atoms. The Hall–Kier alpha value is -2.00. The van der Waals surface area contributed by atoms with Gasteiger partial charge in [0.2, 0.25) is 0 Å². The lowest BCUT2D eigenvalue weighted by Crippen LogP contribution is -2.25. The Balaban J connectivity index is 2.02. The van der Waals surface area contributed by atoms with E-state index in [4.69, 9.17) is 4.74 Å². The maximum absolute atomic E-state index is 10.5. The average molecular weight is 399 g/mol. The maximum atomic E-state index is 10.5. The third kappa shape index (κ3) is 6.78. The molecule has 1 aromatic rings. The highest BCUT2D eigenvalue weighted by atomic mass is 16.6. The zero-order valence-corrected chi connectivity index (χ0v) is 19.0. The monoisotopic (exact) mass is 398 g/mol. The van der Waals surface area contributed by atoms with Crippen molar-refractivity contribution < 1.29 is 14.9 Å². The fourth-order valence-electron chi connectivity index (χ4n) is 3.99. The molecule has 160 valence electrons. The number of aromatic hydroxyl groups is 1. The first kappa shape index (κ1) is 23.3. The molecule has 3 heteroatoms. The summed E-state index contributed by atoms with van der Waals surface area (Å²) in [6.07, 6.45) is 11.5. The molecule has 0 bridgehead atoms. The van der Waals surface area contributed by atoms with Crippen LogP contribution in [-0.4, -0.2) is 16.5 Å². The molecule has 2 N–H and O–H groups in total. The van der Waals surface area contributed by atoms with E-state index in [1.165, 1.54) is 16.7 Å². The van der Waals surface area contributed by atoms with Crippen molar-refractivity contribution in [2.24, 2.45) is 0 Å². The molecule has 0 saturated heterocycles. The standard InChI is InChI=1S/C26H38O3/c1-17(2)9-7-10-18(3)11-8-12-19(4)13-14-22-23(27)15-20(5)25-21(6)16-24(28)29-26(22)25/h9,11,13,15,21,24,27-28H,7-8,10,12,14,16H2,1-6H3/t21-,24-/m1/s1. The van der Waals surface area contributed by atoms with Gasteiger partial charge in [-0.15, -0.1) is 0 Å². The van der Waals surface area contributed by atoms with Gasteiger partial charge < -0.3 is 14.9 Å². The number of aliphatic hydroxyl groups is 1. The normalized spacial score (nSPS) is 19.6. The van der Waals surface area contributed by atoms with Crippen LogP contribution in [0, 0.1) is 6.92 Å². The summed E-state index contributed by atoms with van der Waals surface area (Å²) in [5, 5.41) is 20.5. The minimum absolute atomic E-state index is 0.220. The molecule has 0 spiro atoms. The molecule has 2 atom stereocenters. The van der Waals surface area contributed by atoms with Gasteiger partial charge in [-0.3, -0.25) is 0 Å². The smallest absolute Gasteiger partial charge is 0.197 e. The lowest BCUT2D eigenvalue weighted by atomic mass is 9.87. The first-order valence-corrected chi connectivity index (χ1v) is 10.8. The number of aryl methyl sites for hydroxylation is 1. The average Bonchev–Trinajstić information content (AvgIpc) is 2.60. The zero-order chi connectivity index (χ0) is 21.6. The number of benzene rings is 1. The fraction of sp³-hybridized carbons (Fsp3) is 0.538. The van der Waals surface area contributed by atoms with Gasteiger partial charge in [0.15, 0.2) is 6.29 Å². The molecule has 0 unspecified atom stereocenters. The van der Waals surface area contributed by atoms with Crippen LogP contribution in [0.15, 0.2) is 41.0 Å². The molecule has 1 aliphatic rings. The summed E-state index contributed by atoms with van der Waals surface area (Å²) in [5.41, 5.74) is 7.04. The zero-order valence-electron chi connectivity index (χ0n) is 19.0. The lowest BCUT2D eigenvalue weighted by Gasteiger charge is -2.30. The number of rotatable bonds is 8. The van der Waals surface area contributed by atoms with Crippen molar-refractivity contribution in [2.75, 3.05) is 0 Å². The van der Waals surface area contributed by atoms with Crippen LogP contribution in [-0.2, 0) is 6.42 Å². The van der Waals surface area contributed by atoms with Crippen LogP contribution in [0.2, 0.25) is 0 Å². The predicted octanol–water partition coefficient (Wildman–Crippen LogP) is 6.87. The summed E-state index contributed by atoms with van der Waals surface area (Å²) in [5.74, 6) is 1.15. The summed E-state index contributed by atoms with van der Waals surface area (Å²) in [4.78, 5) is 0. The van der Waals surface area contributed by atoms with E-state index in [0.29, 0.717) is 18.6 Å². The highest BCUT2D eigenvalue weighted by Crippen LogP contribution is 2.44. The highest BCUT2D eigenvalue weighted by Gasteiger charge is 2.29. The minimum Gasteiger partial charge on any atom is -0.508 e. The van der Waals surface area contributed by atoms with Crippen molar-refractivity contribution >= 4 is 0 Å². The quantitative estimate of drug-likeness (QED) is 0.470. The molecule has 0 aliphatic carbocycles. The largest absolute Gasteiger partial charge is 0.508 e. The highest BCUT2D eigenvalue weighted by molar-refractivity contribution is 5.56. The van der Waals surface area contributed by atoms with E-state index >= 15 is 0 Å². The molecule has 1 aromatic carbocycles. The van der Waals surface area contributed by atoms with Crippen molar-refractivity contribution in [1.82, 2.24) is 0 Å². The molecule has 2 rings (SSSR count). The van der Waals surface area contributed by atoms with Gasteiger partial charge in [-0.05, 0) is 84.3 Å². The van der Waals surface area contributed by atoms with Crippen LogP contribution < -0.4 is 4.74 Å². The lowest BCUT2D eigenvalue weighted by molar-refractivity contribution is -0.0384. The predicted molar refractivity (Wildman–Crippen MR) is 122 cm³/mol. The number of ether oxygens (including phenoxy) is 1. The Labute approximate surface area is 176 Å². The molecule has 0 amide bonds. The van der Waals surface area contributed by atoms with Crippen LogP contribution in [0.5, 0.6) is 11.5 Å². The first-order valence-electron chi connectivity index (χ1n) is 10.8. The number of allylic oxidation sites excluding steroid dienone is 6. The Morgan fingerprint density at radius 3 is 2.34 bits per heavy atom. The third-order valence-electron chi connectivity index (χ3n) is 5.69. The topological polar surface area (TPSA) is 49.7 Å². The van der Waals surface area contributed by atoms with Crippen LogP contribution >= 0.6 is 0 Å². The Bertz CT molecular complexity index is 795. The van der Waals surface area contributed by atoms with Crippen molar-refractivity contribution in [3.05, 3.63) is 57.7 Å². The molecule has 1 heterocycles. The molecule has 1 aliphatic heterocycles. The Kier molecular flexibility index (Phi) is 8.58. The van der Waals surface area contributed by atoms with Crippen LogP contribution in [0.1, 0.15) is 89.3 Å². The van der Waals surface area contributed by atoms with Gasteiger partial charge in [-0.25, -0.2) is 0 Å². The molecule has 0 fully saturated rings. The number of fused-ring (bicyclic) bond motifs is 1. The van der Waals surface area contributed by atoms with E-state index in [-0.39, 0.29) is 11.7 Å². The molecular formula is C26H38O3. The maximum Gasteiger partial charge on any atom is 0.197 e. The summed E-state index contributed by atoms with van der Waals surface area (Å²) in [6.45, 7) is 12.7. The van der Waals surface area contributed by atoms with Crippen molar-refractivity contribution in [2.45, 2.75) is 92.3 Å². The SMILES string of the molecule is CC(C)=CCCC(C)=CCCC(C)=CCc1c(O)cc(C)c2c1O[C@@H](O)C[C@H]2C. The van der Waals surface area contributed by atoms with Gasteiger partial charge in [-0.1, -0.05) is 41.9 Å². The van der Waals surface area contributed by atoms with E-state index in [2.05, 4.69) is 52.8 Å². The van der Waals surface area contributed by atoms with Crippen molar-refractivity contribution in [3.8, 4) is 11.5 Å². The van der Waals surface area contributed by atoms with Gasteiger partial charge in [-0.2, -0.15) is 0 Å². The second-order valence-electron chi connectivity index (χ2n) is 8.81. The van der Waals surface area contributed by atoms with Gasteiger partial charge in [0, 0.05) is 17.5 Å². The first-order chi connectivity index (χ1) is 13.7. The second kappa shape index (κ2) is 10.7. The third-order valence-corrected chi connectivity index (χ3v) is 5.69. The molecule has 0 radical (unpaired) electrons. The van der Waals surface area contributed by atoms with E-state index in [1.54, 1.807) is 0 Å². The number of hydrogen-bond donors (Lipinski definition) is 2. The van der Waals surface area contributed by atoms with E-state index in [0.717, 1.165) is 42.4 Å². The summed E-state index contributed by atoms with van der Waals surface area (Å²) in [7, 11) is 0. The van der Waals surface area contributed by atoms with Gasteiger partial charge >= 0.3 is 0 Å². The Morgan fingerprint density at radius 1 is 1.07 bits per heavy atom. The summed E-state index contributed by atoms with van der Waals surface area (Å²) >= 11 is 0. The molecular weight excluding hydrogens is 360 g/mol. The van der Waals surface area contributed by atoms with Crippen LogP contribution in [0.25, 0.3) is 0 Å². The fourth-order valence-corrected chi connectivity index (χ4v) is 3.99. The van der Waals surface area contributed by atoms with Crippen LogP contribution in [0.3, 0.4) is 0 Å². The number of hydrogen-bond acceptors (Lipinski definition) is 3. The van der Waals surface area contributed by atoms with E-state index in [9.17, 15) is 10.2 Å². The molecule has 0 saturated carbocycles. The van der Waals surface area contributed by atoms with Crippen LogP contribution in [0.4, 0.5) is 0 Å². The van der Waals surface area contributed by atoms with Crippen molar-refractivity contribution in [1.29, 1.82) is 0 Å². The van der Waals surface area contributed by atoms with Gasteiger partial charge in [0.05, 0.1) is 0 Å². The number of phenolic OH excluding ortho intramolecular Hbond substituents is 1. The van der Waals surface area contributed by atoms with Crippen molar-refractivity contribution in [3.63, 3.8) is 0 Å². The minimum atomic E-state index is -0.804. The number of aliphatic hydroxyl groups excluding tert-OH is 1. The van der Waals surface area contributed by atoms with E-state index < -0.39 is 6.29 Å². The summed E-state index contributed by atoms with van der Waals surface area (Å²) in [6, 6.07) is 1.83. The second-order valence-corrected chi connectivity index (χ2v) is 8.81. The van der Waals surface area contributed by atoms with Gasteiger partial charge in [0.1, 0.15) is 11.5 Å². The van der Waals surface area contributed by atoms with Gasteiger partial charge in [0.25, 0.3) is 0 Å². The molecule has 0 aromatic heterocycles. The van der Waals surface area contributed by atoms with E-state index in [1.807, 2.05) is 13.0 Å². The Morgan fingerprint density at radius 2 is 1.69 bits per heavy atom.